The van der Waals surface area contributed by atoms with Crippen LogP contribution in [0.4, 0.5) is 18.0 Å². The number of nitrogens with zero attached hydrogens (tertiary/aromatic N) is 1. The minimum Gasteiger partial charge on any atom is -0.439 e. The summed E-state index contributed by atoms with van der Waals surface area (Å²) in [5, 5.41) is 0. The first kappa shape index (κ1) is 25.5. The Morgan fingerprint density at radius 2 is 1.77 bits per heavy atom. The molecule has 2 aromatic carbocycles. The predicted molar refractivity (Wildman–Crippen MR) is 128 cm³/mol. The van der Waals surface area contributed by atoms with E-state index < -0.39 is 30.0 Å². The van der Waals surface area contributed by atoms with Crippen molar-refractivity contribution in [2.75, 3.05) is 7.11 Å². The minimum atomic E-state index is -4.46. The van der Waals surface area contributed by atoms with Crippen LogP contribution in [-0.2, 0) is 22.2 Å². The van der Waals surface area contributed by atoms with Crippen molar-refractivity contribution in [2.45, 2.75) is 83.8 Å². The Balaban J connectivity index is 1.61. The summed E-state index contributed by atoms with van der Waals surface area (Å²) in [6.07, 6.45) is 0.0685. The van der Waals surface area contributed by atoms with Gasteiger partial charge in [0.1, 0.15) is 6.10 Å². The number of cyclic esters (lactones) is 1. The van der Waals surface area contributed by atoms with Crippen molar-refractivity contribution in [2.24, 2.45) is 5.92 Å². The largest absolute Gasteiger partial charge is 0.439 e. The highest BCUT2D eigenvalue weighted by Crippen LogP contribution is 2.41. The fourth-order valence-electron chi connectivity index (χ4n) is 5.64. The molecule has 190 valence electrons. The number of halogens is 3. The fraction of sp³-hybridized carbons (Fsp3) is 0.536. The summed E-state index contributed by atoms with van der Waals surface area (Å²) in [6, 6.07) is 9.67. The van der Waals surface area contributed by atoms with Crippen molar-refractivity contribution in [3.63, 3.8) is 0 Å². The molecule has 4 nitrogen and oxygen atoms in total. The van der Waals surface area contributed by atoms with Crippen LogP contribution >= 0.6 is 0 Å². The molecule has 1 heterocycles. The molecule has 1 unspecified atom stereocenters. The number of hydrogen-bond donors (Lipinski definition) is 0. The molecule has 1 aliphatic carbocycles. The second-order valence-corrected chi connectivity index (χ2v) is 10.1. The van der Waals surface area contributed by atoms with Gasteiger partial charge in [0.25, 0.3) is 0 Å². The first-order chi connectivity index (χ1) is 16.6. The Morgan fingerprint density at radius 1 is 1.06 bits per heavy atom. The molecular formula is C28H34F3NO3. The molecule has 1 saturated heterocycles. The summed E-state index contributed by atoms with van der Waals surface area (Å²) in [7, 11) is 1.74. The molecular weight excluding hydrogens is 455 g/mol. The monoisotopic (exact) mass is 489 g/mol. The zero-order chi connectivity index (χ0) is 25.3. The van der Waals surface area contributed by atoms with Gasteiger partial charge in [-0.2, -0.15) is 13.2 Å². The number of ether oxygens (including phenoxy) is 2. The lowest BCUT2D eigenvalue weighted by atomic mass is 9.81. The molecule has 35 heavy (non-hydrogen) atoms. The van der Waals surface area contributed by atoms with E-state index in [2.05, 4.69) is 18.2 Å². The van der Waals surface area contributed by atoms with E-state index in [1.54, 1.807) is 25.0 Å². The van der Waals surface area contributed by atoms with Crippen molar-refractivity contribution >= 4 is 6.09 Å². The maximum atomic E-state index is 13.4. The normalized spacial score (nSPS) is 22.4. The average molecular weight is 490 g/mol. The summed E-state index contributed by atoms with van der Waals surface area (Å²) < 4.78 is 51.8. The Hall–Kier alpha value is -2.54. The second kappa shape index (κ2) is 10.2. The van der Waals surface area contributed by atoms with E-state index in [1.165, 1.54) is 19.3 Å². The lowest BCUT2D eigenvalue weighted by Crippen LogP contribution is -2.32. The smallest absolute Gasteiger partial charge is 0.416 e. The maximum absolute atomic E-state index is 13.4. The molecule has 1 amide bonds. The molecule has 0 spiro atoms. The van der Waals surface area contributed by atoms with Gasteiger partial charge in [-0.3, -0.25) is 4.90 Å². The first-order valence-electron chi connectivity index (χ1n) is 12.4. The van der Waals surface area contributed by atoms with Crippen molar-refractivity contribution in [3.8, 4) is 0 Å². The van der Waals surface area contributed by atoms with Gasteiger partial charge in [0.05, 0.1) is 17.7 Å². The van der Waals surface area contributed by atoms with Crippen molar-refractivity contribution in [1.82, 2.24) is 4.90 Å². The van der Waals surface area contributed by atoms with Gasteiger partial charge in [0, 0.05) is 13.7 Å². The van der Waals surface area contributed by atoms with Gasteiger partial charge in [-0.1, -0.05) is 54.7 Å². The molecule has 1 aliphatic heterocycles. The van der Waals surface area contributed by atoms with Crippen molar-refractivity contribution in [3.05, 3.63) is 69.8 Å². The van der Waals surface area contributed by atoms with Gasteiger partial charge in [-0.25, -0.2) is 4.79 Å². The van der Waals surface area contributed by atoms with Crippen LogP contribution in [0.2, 0.25) is 0 Å². The Bertz CT molecular complexity index is 1060. The standard InChI is InChI=1S/C28H34F3NO3/c1-17-10-11-24(26(34-4)20-8-6-5-7-9-20)22(12-17)16-32-19(3)25(35-27(32)33)21-13-18(2)14-23(15-21)28(29,30)31/h10-15,19-20,25-26H,5-9,16H2,1-4H3/t19-,25-,26?/m0/s1. The third kappa shape index (κ3) is 5.50. The van der Waals surface area contributed by atoms with Crippen LogP contribution in [0.1, 0.15) is 84.6 Å². The quantitative estimate of drug-likeness (QED) is 0.418. The number of alkyl halides is 3. The molecule has 2 aliphatic rings. The number of carbonyl (C=O) groups is 1. The number of aryl methyl sites for hydroxylation is 2. The molecule has 0 radical (unpaired) electrons. The Morgan fingerprint density at radius 3 is 2.43 bits per heavy atom. The van der Waals surface area contributed by atoms with Gasteiger partial charge in [0.2, 0.25) is 0 Å². The summed E-state index contributed by atoms with van der Waals surface area (Å²) in [4.78, 5) is 14.5. The lowest BCUT2D eigenvalue weighted by Gasteiger charge is -2.32. The summed E-state index contributed by atoms with van der Waals surface area (Å²) in [5.41, 5.74) is 3.25. The summed E-state index contributed by atoms with van der Waals surface area (Å²) >= 11 is 0. The maximum Gasteiger partial charge on any atom is 0.416 e. The van der Waals surface area contributed by atoms with Crippen molar-refractivity contribution in [1.29, 1.82) is 0 Å². The van der Waals surface area contributed by atoms with Gasteiger partial charge < -0.3 is 9.47 Å². The third-order valence-corrected chi connectivity index (χ3v) is 7.43. The number of methoxy groups -OCH3 is 1. The first-order valence-corrected chi connectivity index (χ1v) is 12.4. The molecule has 0 N–H and O–H groups in total. The highest BCUT2D eigenvalue weighted by molar-refractivity contribution is 5.71. The van der Waals surface area contributed by atoms with Crippen LogP contribution < -0.4 is 0 Å². The summed E-state index contributed by atoms with van der Waals surface area (Å²) in [5.74, 6) is 0.430. The van der Waals surface area contributed by atoms with Crippen LogP contribution in [0.5, 0.6) is 0 Å². The molecule has 2 aromatic rings. The molecule has 4 rings (SSSR count). The van der Waals surface area contributed by atoms with E-state index >= 15 is 0 Å². The van der Waals surface area contributed by atoms with Gasteiger partial charge in [0.15, 0.2) is 0 Å². The Labute approximate surface area is 205 Å². The second-order valence-electron chi connectivity index (χ2n) is 10.1. The number of carbonyl (C=O) groups excluding carboxylic acids is 1. The molecule has 3 atom stereocenters. The molecule has 7 heteroatoms. The number of benzene rings is 2. The highest BCUT2D eigenvalue weighted by Gasteiger charge is 2.41. The average Bonchev–Trinajstić information content (AvgIpc) is 3.09. The third-order valence-electron chi connectivity index (χ3n) is 7.43. The Kier molecular flexibility index (Phi) is 7.46. The number of hydrogen-bond acceptors (Lipinski definition) is 3. The summed E-state index contributed by atoms with van der Waals surface area (Å²) in [6.45, 7) is 5.77. The van der Waals surface area contributed by atoms with E-state index in [4.69, 9.17) is 9.47 Å². The topological polar surface area (TPSA) is 38.8 Å². The number of amides is 1. The van der Waals surface area contributed by atoms with Crippen LogP contribution in [0.15, 0.2) is 36.4 Å². The van der Waals surface area contributed by atoms with Gasteiger partial charge >= 0.3 is 12.3 Å². The van der Waals surface area contributed by atoms with E-state index in [-0.39, 0.29) is 6.10 Å². The van der Waals surface area contributed by atoms with E-state index in [0.29, 0.717) is 23.6 Å². The van der Waals surface area contributed by atoms with Gasteiger partial charge in [-0.15, -0.1) is 0 Å². The van der Waals surface area contributed by atoms with Crippen LogP contribution in [0.25, 0.3) is 0 Å². The van der Waals surface area contributed by atoms with Gasteiger partial charge in [-0.05, 0) is 68.4 Å². The number of rotatable bonds is 6. The van der Waals surface area contributed by atoms with Crippen LogP contribution in [0.3, 0.4) is 0 Å². The minimum absolute atomic E-state index is 0.0539. The van der Waals surface area contributed by atoms with E-state index in [0.717, 1.165) is 41.7 Å². The fourth-order valence-corrected chi connectivity index (χ4v) is 5.64. The molecule has 0 aromatic heterocycles. The zero-order valence-electron chi connectivity index (χ0n) is 20.8. The van der Waals surface area contributed by atoms with E-state index in [1.807, 2.05) is 13.8 Å². The van der Waals surface area contributed by atoms with Crippen LogP contribution in [0, 0.1) is 19.8 Å². The highest BCUT2D eigenvalue weighted by atomic mass is 19.4. The predicted octanol–water partition coefficient (Wildman–Crippen LogP) is 7.67. The lowest BCUT2D eigenvalue weighted by molar-refractivity contribution is -0.137. The van der Waals surface area contributed by atoms with E-state index in [9.17, 15) is 18.0 Å². The molecule has 2 fully saturated rings. The zero-order valence-corrected chi connectivity index (χ0v) is 20.8. The molecule has 0 bridgehead atoms. The molecule has 1 saturated carbocycles. The SMILES string of the molecule is COC(c1ccc(C)cc1CN1C(=O)O[C@H](c2cc(C)cc(C(F)(F)F)c2)[C@@H]1C)C1CCCCC1. The van der Waals surface area contributed by atoms with Crippen LogP contribution in [-0.4, -0.2) is 24.1 Å². The van der Waals surface area contributed by atoms with Crippen molar-refractivity contribution < 1.29 is 27.4 Å².